The van der Waals surface area contributed by atoms with Crippen LogP contribution in [0.15, 0.2) is 12.1 Å². The van der Waals surface area contributed by atoms with Gasteiger partial charge in [0.2, 0.25) is 10.0 Å². The molecule has 18 heavy (non-hydrogen) atoms. The molecule has 0 N–H and O–H groups in total. The zero-order chi connectivity index (χ0) is 13.3. The van der Waals surface area contributed by atoms with Crippen LogP contribution in [0, 0.1) is 18.6 Å². The minimum Gasteiger partial charge on any atom is -0.363 e. The highest BCUT2D eigenvalue weighted by Gasteiger charge is 2.27. The van der Waals surface area contributed by atoms with Crippen LogP contribution >= 0.6 is 0 Å². The first-order valence-corrected chi connectivity index (χ1v) is 7.02. The number of sulfonamides is 1. The minimum absolute atomic E-state index is 0.0311. The SMILES string of the molecule is Cc1ccc(CN2CCOCS2(=O)=O)c(F)c1F. The third-order valence-electron chi connectivity index (χ3n) is 2.81. The lowest BCUT2D eigenvalue weighted by atomic mass is 10.1. The Labute approximate surface area is 104 Å². The Morgan fingerprint density at radius 2 is 2.06 bits per heavy atom. The van der Waals surface area contributed by atoms with Crippen LogP contribution < -0.4 is 0 Å². The van der Waals surface area contributed by atoms with E-state index in [9.17, 15) is 17.2 Å². The minimum atomic E-state index is -3.54. The first-order chi connectivity index (χ1) is 8.42. The Hall–Kier alpha value is -1.05. The molecule has 1 fully saturated rings. The molecule has 0 bridgehead atoms. The van der Waals surface area contributed by atoms with Crippen LogP contribution in [0.25, 0.3) is 0 Å². The lowest BCUT2D eigenvalue weighted by Gasteiger charge is -2.26. The average molecular weight is 277 g/mol. The molecule has 1 aromatic rings. The van der Waals surface area contributed by atoms with Gasteiger partial charge in [0.25, 0.3) is 0 Å². The van der Waals surface area contributed by atoms with E-state index in [0.29, 0.717) is 0 Å². The third kappa shape index (κ3) is 2.52. The van der Waals surface area contributed by atoms with Crippen molar-refractivity contribution >= 4 is 10.0 Å². The Balaban J connectivity index is 2.27. The Kier molecular flexibility index (Phi) is 3.65. The van der Waals surface area contributed by atoms with Crippen molar-refractivity contribution < 1.29 is 21.9 Å². The molecule has 1 aromatic carbocycles. The summed E-state index contributed by atoms with van der Waals surface area (Å²) in [4.78, 5) is 0. The number of nitrogens with zero attached hydrogens (tertiary/aromatic N) is 1. The van der Waals surface area contributed by atoms with Crippen LogP contribution in [0.5, 0.6) is 0 Å². The van der Waals surface area contributed by atoms with Crippen LogP contribution in [0.1, 0.15) is 11.1 Å². The maximum absolute atomic E-state index is 13.6. The molecule has 1 aliphatic rings. The van der Waals surface area contributed by atoms with Gasteiger partial charge in [-0.15, -0.1) is 0 Å². The van der Waals surface area contributed by atoms with E-state index in [0.717, 1.165) is 4.31 Å². The molecule has 1 saturated heterocycles. The van der Waals surface area contributed by atoms with Gasteiger partial charge in [-0.3, -0.25) is 0 Å². The van der Waals surface area contributed by atoms with Gasteiger partial charge >= 0.3 is 0 Å². The summed E-state index contributed by atoms with van der Waals surface area (Å²) >= 11 is 0. The lowest BCUT2D eigenvalue weighted by molar-refractivity contribution is 0.130. The summed E-state index contributed by atoms with van der Waals surface area (Å²) in [7, 11) is -3.54. The number of aryl methyl sites for hydroxylation is 1. The van der Waals surface area contributed by atoms with Gasteiger partial charge in [-0.1, -0.05) is 12.1 Å². The monoisotopic (exact) mass is 277 g/mol. The van der Waals surface area contributed by atoms with Gasteiger partial charge < -0.3 is 4.74 Å². The van der Waals surface area contributed by atoms with Crippen molar-refractivity contribution in [2.45, 2.75) is 13.5 Å². The van der Waals surface area contributed by atoms with Crippen molar-refractivity contribution in [3.05, 3.63) is 34.9 Å². The smallest absolute Gasteiger partial charge is 0.238 e. The van der Waals surface area contributed by atoms with Crippen molar-refractivity contribution in [2.75, 3.05) is 19.1 Å². The van der Waals surface area contributed by atoms with E-state index in [4.69, 9.17) is 4.74 Å². The van der Waals surface area contributed by atoms with Crippen molar-refractivity contribution in [2.24, 2.45) is 0 Å². The Bertz CT molecular complexity index is 560. The number of hydrogen-bond acceptors (Lipinski definition) is 3. The van der Waals surface area contributed by atoms with E-state index >= 15 is 0 Å². The molecule has 0 saturated carbocycles. The zero-order valence-electron chi connectivity index (χ0n) is 9.82. The first-order valence-electron chi connectivity index (χ1n) is 5.41. The highest BCUT2D eigenvalue weighted by Crippen LogP contribution is 2.19. The molecule has 100 valence electrons. The van der Waals surface area contributed by atoms with Crippen LogP contribution in [0.4, 0.5) is 8.78 Å². The molecule has 0 amide bonds. The Morgan fingerprint density at radius 3 is 2.72 bits per heavy atom. The average Bonchev–Trinajstić information content (AvgIpc) is 2.32. The predicted octanol–water partition coefficient (Wildman–Crippen LogP) is 1.39. The maximum atomic E-state index is 13.6. The predicted molar refractivity (Wildman–Crippen MR) is 61.2 cm³/mol. The van der Waals surface area contributed by atoms with Crippen molar-refractivity contribution in [1.82, 2.24) is 4.31 Å². The molecular formula is C11H13F2NO3S. The van der Waals surface area contributed by atoms with Crippen LogP contribution in [-0.4, -0.2) is 31.8 Å². The van der Waals surface area contributed by atoms with Crippen LogP contribution in [0.2, 0.25) is 0 Å². The second-order valence-corrected chi connectivity index (χ2v) is 6.06. The van der Waals surface area contributed by atoms with Gasteiger partial charge in [-0.2, -0.15) is 4.31 Å². The van der Waals surface area contributed by atoms with Gasteiger partial charge in [0.1, 0.15) is 0 Å². The summed E-state index contributed by atoms with van der Waals surface area (Å²) in [6.07, 6.45) is 0. The van der Waals surface area contributed by atoms with Gasteiger partial charge in [-0.25, -0.2) is 17.2 Å². The summed E-state index contributed by atoms with van der Waals surface area (Å²) in [6, 6.07) is 2.83. The van der Waals surface area contributed by atoms with Gasteiger partial charge in [-0.05, 0) is 12.5 Å². The van der Waals surface area contributed by atoms with Gasteiger partial charge in [0.15, 0.2) is 17.6 Å². The fourth-order valence-corrected chi connectivity index (χ4v) is 2.89. The molecule has 1 heterocycles. The molecule has 1 aliphatic heterocycles. The number of rotatable bonds is 2. The number of ether oxygens (including phenoxy) is 1. The third-order valence-corrected chi connectivity index (χ3v) is 4.38. The summed E-state index contributed by atoms with van der Waals surface area (Å²) in [5, 5.41) is 0. The molecule has 0 aromatic heterocycles. The summed E-state index contributed by atoms with van der Waals surface area (Å²) in [6.45, 7) is 1.69. The standard InChI is InChI=1S/C11H13F2NO3S/c1-8-2-3-9(11(13)10(8)12)6-14-4-5-17-7-18(14,15)16/h2-3H,4-7H2,1H3. The molecule has 0 spiro atoms. The normalized spacial score (nSPS) is 19.9. The molecule has 0 atom stereocenters. The van der Waals surface area contributed by atoms with Crippen molar-refractivity contribution in [3.63, 3.8) is 0 Å². The summed E-state index contributed by atoms with van der Waals surface area (Å²) < 4.78 is 56.2. The van der Waals surface area contributed by atoms with E-state index < -0.39 is 27.6 Å². The van der Waals surface area contributed by atoms with Crippen molar-refractivity contribution in [1.29, 1.82) is 0 Å². The van der Waals surface area contributed by atoms with Gasteiger partial charge in [0, 0.05) is 18.7 Å². The second kappa shape index (κ2) is 4.91. The van der Waals surface area contributed by atoms with E-state index in [1.54, 1.807) is 0 Å². The molecule has 0 radical (unpaired) electrons. The van der Waals surface area contributed by atoms with E-state index in [2.05, 4.69) is 0 Å². The largest absolute Gasteiger partial charge is 0.363 e. The van der Waals surface area contributed by atoms with E-state index in [-0.39, 0.29) is 30.8 Å². The fraction of sp³-hybridized carbons (Fsp3) is 0.455. The van der Waals surface area contributed by atoms with E-state index in [1.807, 2.05) is 0 Å². The Morgan fingerprint density at radius 1 is 1.33 bits per heavy atom. The van der Waals surface area contributed by atoms with Gasteiger partial charge in [0.05, 0.1) is 6.61 Å². The number of halogens is 2. The first kappa shape index (κ1) is 13.4. The van der Waals surface area contributed by atoms with E-state index in [1.165, 1.54) is 19.1 Å². The molecule has 4 nitrogen and oxygen atoms in total. The maximum Gasteiger partial charge on any atom is 0.238 e. The fourth-order valence-electron chi connectivity index (χ4n) is 1.72. The number of hydrogen-bond donors (Lipinski definition) is 0. The summed E-state index contributed by atoms with van der Waals surface area (Å²) in [5.74, 6) is -2.34. The molecule has 0 aliphatic carbocycles. The summed E-state index contributed by atoms with van der Waals surface area (Å²) in [5.41, 5.74) is 0.227. The number of benzene rings is 1. The zero-order valence-corrected chi connectivity index (χ0v) is 10.6. The van der Waals surface area contributed by atoms with Crippen molar-refractivity contribution in [3.8, 4) is 0 Å². The second-order valence-electron chi connectivity index (χ2n) is 4.14. The topological polar surface area (TPSA) is 46.6 Å². The quantitative estimate of drug-likeness (QED) is 0.820. The molecular weight excluding hydrogens is 264 g/mol. The highest BCUT2D eigenvalue weighted by atomic mass is 32.2. The molecule has 7 heteroatoms. The molecule has 0 unspecified atom stereocenters. The van der Waals surface area contributed by atoms with Crippen LogP contribution in [-0.2, 0) is 21.3 Å². The van der Waals surface area contributed by atoms with Crippen LogP contribution in [0.3, 0.4) is 0 Å². The highest BCUT2D eigenvalue weighted by molar-refractivity contribution is 7.88. The lowest BCUT2D eigenvalue weighted by Crippen LogP contribution is -2.40. The molecule has 2 rings (SSSR count).